The maximum atomic E-state index is 13.2. The van der Waals surface area contributed by atoms with Gasteiger partial charge in [0.15, 0.2) is 14.6 Å². The Bertz CT molecular complexity index is 857. The molecule has 0 radical (unpaired) electrons. The molecule has 1 aromatic rings. The fourth-order valence-electron chi connectivity index (χ4n) is 3.66. The molecular weight excluding hydrogens is 436 g/mol. The van der Waals surface area contributed by atoms with Crippen molar-refractivity contribution in [3.63, 3.8) is 0 Å². The average molecular weight is 461 g/mol. The number of sulfone groups is 1. The van der Waals surface area contributed by atoms with E-state index < -0.39 is 35.7 Å². The van der Waals surface area contributed by atoms with Crippen molar-refractivity contribution >= 4 is 36.8 Å². The molecule has 1 saturated carbocycles. The molecule has 1 fully saturated rings. The van der Waals surface area contributed by atoms with Gasteiger partial charge in [-0.1, -0.05) is 35.0 Å². The fourth-order valence-corrected chi connectivity index (χ4v) is 6.95. The second kappa shape index (κ2) is 7.34. The summed E-state index contributed by atoms with van der Waals surface area (Å²) in [4.78, 5) is 0. The van der Waals surface area contributed by atoms with Crippen molar-refractivity contribution in [1.82, 2.24) is 0 Å². The Hall–Kier alpha value is -0.750. The van der Waals surface area contributed by atoms with E-state index in [2.05, 4.69) is 15.9 Å². The molecule has 0 bridgehead atoms. The van der Waals surface area contributed by atoms with Gasteiger partial charge in [-0.15, -0.1) is 0 Å². The highest BCUT2D eigenvalue weighted by molar-refractivity contribution is 9.10. The summed E-state index contributed by atoms with van der Waals surface area (Å²) in [5.74, 6) is -0.176. The number of hydrogen-bond donors (Lipinski definition) is 1. The SMILES string of the molecule is CC(C)(C[C@@](C)(CS(=O)(=O)C1(C#N)CCC1)c1cccc(Br)c1)S(N)=O. The van der Waals surface area contributed by atoms with E-state index in [0.717, 1.165) is 16.5 Å². The van der Waals surface area contributed by atoms with Crippen LogP contribution < -0.4 is 5.14 Å². The van der Waals surface area contributed by atoms with Gasteiger partial charge in [-0.05, 0) is 57.2 Å². The van der Waals surface area contributed by atoms with Crippen molar-refractivity contribution in [1.29, 1.82) is 5.26 Å². The van der Waals surface area contributed by atoms with Crippen LogP contribution >= 0.6 is 15.9 Å². The molecule has 2 N–H and O–H groups in total. The minimum Gasteiger partial charge on any atom is -0.251 e. The van der Waals surface area contributed by atoms with Crippen molar-refractivity contribution < 1.29 is 12.6 Å². The quantitative estimate of drug-likeness (QED) is 0.673. The number of benzene rings is 1. The number of nitrogens with two attached hydrogens (primary N) is 1. The van der Waals surface area contributed by atoms with E-state index in [9.17, 15) is 17.9 Å². The van der Waals surface area contributed by atoms with Gasteiger partial charge in [0.2, 0.25) is 0 Å². The second-order valence-corrected chi connectivity index (χ2v) is 12.9. The van der Waals surface area contributed by atoms with Crippen LogP contribution in [0.3, 0.4) is 0 Å². The van der Waals surface area contributed by atoms with Gasteiger partial charge in [0.25, 0.3) is 0 Å². The molecule has 0 spiro atoms. The van der Waals surface area contributed by atoms with Gasteiger partial charge in [-0.2, -0.15) is 5.26 Å². The Morgan fingerprint density at radius 2 is 1.96 bits per heavy atom. The summed E-state index contributed by atoms with van der Waals surface area (Å²) in [6.07, 6.45) is 1.83. The first kappa shape index (κ1) is 21.5. The molecule has 5 nitrogen and oxygen atoms in total. The molecule has 1 aliphatic carbocycles. The Kier molecular flexibility index (Phi) is 6.09. The van der Waals surface area contributed by atoms with E-state index in [4.69, 9.17) is 5.14 Å². The van der Waals surface area contributed by atoms with E-state index in [-0.39, 0.29) is 5.75 Å². The van der Waals surface area contributed by atoms with Gasteiger partial charge in [-0.25, -0.2) is 12.6 Å². The first-order valence-corrected chi connectivity index (χ1v) is 12.1. The lowest BCUT2D eigenvalue weighted by molar-refractivity contribution is 0.382. The van der Waals surface area contributed by atoms with Crippen LogP contribution in [0.2, 0.25) is 0 Å². The summed E-state index contributed by atoms with van der Waals surface area (Å²) in [6.45, 7) is 5.40. The zero-order chi connectivity index (χ0) is 19.8. The van der Waals surface area contributed by atoms with Crippen LogP contribution in [0.4, 0.5) is 0 Å². The van der Waals surface area contributed by atoms with Gasteiger partial charge in [-0.3, -0.25) is 5.14 Å². The minimum atomic E-state index is -3.67. The molecule has 0 heterocycles. The van der Waals surface area contributed by atoms with Crippen LogP contribution in [0.15, 0.2) is 28.7 Å². The maximum Gasteiger partial charge on any atom is 0.170 e. The molecule has 1 aliphatic rings. The molecule has 0 aliphatic heterocycles. The maximum absolute atomic E-state index is 13.2. The summed E-state index contributed by atoms with van der Waals surface area (Å²) in [5.41, 5.74) is 0.00186. The summed E-state index contributed by atoms with van der Waals surface area (Å²) in [7, 11) is -5.28. The topological polar surface area (TPSA) is 101 Å². The van der Waals surface area contributed by atoms with E-state index in [1.165, 1.54) is 0 Å². The van der Waals surface area contributed by atoms with Gasteiger partial charge < -0.3 is 0 Å². The zero-order valence-corrected chi connectivity index (χ0v) is 18.5. The lowest BCUT2D eigenvalue weighted by Gasteiger charge is -2.41. The van der Waals surface area contributed by atoms with Crippen LogP contribution in [-0.4, -0.2) is 27.9 Å². The molecule has 0 amide bonds. The van der Waals surface area contributed by atoms with Crippen LogP contribution in [-0.2, 0) is 26.2 Å². The Morgan fingerprint density at radius 1 is 1.35 bits per heavy atom. The zero-order valence-electron chi connectivity index (χ0n) is 15.3. The van der Waals surface area contributed by atoms with Gasteiger partial charge in [0.1, 0.15) is 0 Å². The molecule has 1 aromatic carbocycles. The highest BCUT2D eigenvalue weighted by Gasteiger charge is 2.52. The monoisotopic (exact) mass is 460 g/mol. The van der Waals surface area contributed by atoms with E-state index in [1.54, 1.807) is 13.8 Å². The van der Waals surface area contributed by atoms with E-state index >= 15 is 0 Å². The Morgan fingerprint density at radius 3 is 2.38 bits per heavy atom. The number of rotatable bonds is 7. The molecule has 2 rings (SSSR count). The first-order valence-electron chi connectivity index (χ1n) is 8.43. The lowest BCUT2D eigenvalue weighted by Crippen LogP contribution is -2.50. The predicted molar refractivity (Wildman–Crippen MR) is 109 cm³/mol. The molecular formula is C18H25BrN2O3S2. The molecule has 2 atom stereocenters. The van der Waals surface area contributed by atoms with E-state index in [1.807, 2.05) is 37.3 Å². The molecule has 8 heteroatoms. The molecule has 1 unspecified atom stereocenters. The smallest absolute Gasteiger partial charge is 0.170 e. The van der Waals surface area contributed by atoms with Gasteiger partial charge >= 0.3 is 0 Å². The molecule has 0 saturated heterocycles. The van der Waals surface area contributed by atoms with Crippen LogP contribution in [0.25, 0.3) is 0 Å². The van der Waals surface area contributed by atoms with Crippen LogP contribution in [0.5, 0.6) is 0 Å². The predicted octanol–water partition coefficient (Wildman–Crippen LogP) is 3.36. The molecule has 0 aromatic heterocycles. The summed E-state index contributed by atoms with van der Waals surface area (Å²) in [6, 6.07) is 9.51. The number of nitriles is 1. The fraction of sp³-hybridized carbons (Fsp3) is 0.611. The van der Waals surface area contributed by atoms with Crippen molar-refractivity contribution in [2.45, 2.75) is 61.4 Å². The van der Waals surface area contributed by atoms with Crippen molar-refractivity contribution in [2.75, 3.05) is 5.75 Å². The van der Waals surface area contributed by atoms with Crippen molar-refractivity contribution in [3.05, 3.63) is 34.3 Å². The van der Waals surface area contributed by atoms with Crippen LogP contribution in [0.1, 0.15) is 52.0 Å². The standard InChI is InChI=1S/C18H25BrN2O3S2/c1-16(2,25(21)22)11-17(3,14-6-4-7-15(19)10-14)13-26(23,24)18(12-20)8-5-9-18/h4,6-7,10H,5,8-9,11,13,21H2,1-3H3/t17-,25?/m0/s1. The van der Waals surface area contributed by atoms with Gasteiger partial charge in [0, 0.05) is 9.89 Å². The Labute approximate surface area is 167 Å². The average Bonchev–Trinajstić information content (AvgIpc) is 2.44. The van der Waals surface area contributed by atoms with E-state index in [0.29, 0.717) is 19.3 Å². The lowest BCUT2D eigenvalue weighted by atomic mass is 9.77. The highest BCUT2D eigenvalue weighted by Crippen LogP contribution is 2.44. The van der Waals surface area contributed by atoms with Gasteiger partial charge in [0.05, 0.1) is 27.6 Å². The number of halogens is 1. The normalized spacial score (nSPS) is 20.5. The minimum absolute atomic E-state index is 0.176. The number of hydrogen-bond acceptors (Lipinski definition) is 4. The third-order valence-corrected chi connectivity index (χ3v) is 9.79. The number of nitrogens with zero attached hydrogens (tertiary/aromatic N) is 1. The molecule has 26 heavy (non-hydrogen) atoms. The highest BCUT2D eigenvalue weighted by atomic mass is 79.9. The first-order chi connectivity index (χ1) is 11.9. The summed E-state index contributed by atoms with van der Waals surface area (Å²) in [5, 5.41) is 15.2. The Balaban J connectivity index is 2.51. The third kappa shape index (κ3) is 4.06. The summed E-state index contributed by atoms with van der Waals surface area (Å²) < 4.78 is 37.1. The molecule has 144 valence electrons. The summed E-state index contributed by atoms with van der Waals surface area (Å²) >= 11 is 3.43. The van der Waals surface area contributed by atoms with Crippen LogP contribution in [0, 0.1) is 11.3 Å². The van der Waals surface area contributed by atoms with Crippen molar-refractivity contribution in [2.24, 2.45) is 5.14 Å². The third-order valence-electron chi connectivity index (χ3n) is 5.35. The largest absolute Gasteiger partial charge is 0.251 e. The second-order valence-electron chi connectivity index (χ2n) is 8.02. The van der Waals surface area contributed by atoms with Crippen molar-refractivity contribution in [3.8, 4) is 6.07 Å².